The van der Waals surface area contributed by atoms with Crippen molar-refractivity contribution in [2.75, 3.05) is 6.54 Å². The number of carbonyl (C=O) groups excluding carboxylic acids is 1. The number of fused-ring (bicyclic) bond motifs is 1. The molecule has 3 rings (SSSR count). The third-order valence-electron chi connectivity index (χ3n) is 4.13. The second kappa shape index (κ2) is 6.52. The Labute approximate surface area is 134 Å². The van der Waals surface area contributed by atoms with E-state index in [4.69, 9.17) is 0 Å². The Hall–Kier alpha value is -1.82. The van der Waals surface area contributed by atoms with E-state index in [1.165, 1.54) is 10.4 Å². The molecular formula is C16H22N4OS. The van der Waals surface area contributed by atoms with Gasteiger partial charge in [-0.25, -0.2) is 4.79 Å². The van der Waals surface area contributed by atoms with E-state index in [0.717, 1.165) is 19.4 Å². The largest absolute Gasteiger partial charge is 0.334 e. The van der Waals surface area contributed by atoms with Gasteiger partial charge in [-0.1, -0.05) is 6.92 Å². The molecule has 118 valence electrons. The second-order valence-corrected chi connectivity index (χ2v) is 6.75. The number of hydrogen-bond acceptors (Lipinski definition) is 3. The fourth-order valence-electron chi connectivity index (χ4n) is 3.11. The van der Waals surface area contributed by atoms with Crippen molar-refractivity contribution in [2.45, 2.75) is 45.3 Å². The number of nitrogens with zero attached hydrogens (tertiary/aromatic N) is 3. The molecule has 0 saturated carbocycles. The molecule has 22 heavy (non-hydrogen) atoms. The van der Waals surface area contributed by atoms with Crippen LogP contribution in [0.25, 0.3) is 0 Å². The van der Waals surface area contributed by atoms with E-state index in [-0.39, 0.29) is 18.1 Å². The average Bonchev–Trinajstić information content (AvgIpc) is 3.16. The summed E-state index contributed by atoms with van der Waals surface area (Å²) in [4.78, 5) is 16.0. The first-order chi connectivity index (χ1) is 10.7. The molecule has 0 bridgehead atoms. The Balaban J connectivity index is 1.64. The number of thiophene rings is 1. The maximum Gasteiger partial charge on any atom is 0.318 e. The second-order valence-electron chi connectivity index (χ2n) is 5.75. The van der Waals surface area contributed by atoms with Crippen molar-refractivity contribution in [1.82, 2.24) is 20.0 Å². The number of nitrogens with one attached hydrogen (secondary N) is 1. The van der Waals surface area contributed by atoms with E-state index >= 15 is 0 Å². The van der Waals surface area contributed by atoms with Crippen LogP contribution in [0, 0.1) is 0 Å². The fraction of sp³-hybridized carbons (Fsp3) is 0.500. The van der Waals surface area contributed by atoms with Gasteiger partial charge >= 0.3 is 6.03 Å². The molecule has 6 heteroatoms. The molecule has 5 nitrogen and oxygen atoms in total. The highest BCUT2D eigenvalue weighted by Gasteiger charge is 2.30. The van der Waals surface area contributed by atoms with Gasteiger partial charge in [-0.15, -0.1) is 11.3 Å². The summed E-state index contributed by atoms with van der Waals surface area (Å²) in [6, 6.07) is 4.34. The van der Waals surface area contributed by atoms with Crippen molar-refractivity contribution in [3.8, 4) is 0 Å². The van der Waals surface area contributed by atoms with Crippen LogP contribution < -0.4 is 5.32 Å². The average molecular weight is 318 g/mol. The SMILES string of the molecule is CC[C@H]1c2ccsc2CCN1C(=O)N[C@@H](C)Cn1cccn1. The van der Waals surface area contributed by atoms with Crippen molar-refractivity contribution in [3.63, 3.8) is 0 Å². The van der Waals surface area contributed by atoms with Crippen LogP contribution in [0.4, 0.5) is 4.79 Å². The van der Waals surface area contributed by atoms with Crippen LogP contribution >= 0.6 is 11.3 Å². The summed E-state index contributed by atoms with van der Waals surface area (Å²) in [5.74, 6) is 0. The normalized spacial score (nSPS) is 18.8. The lowest BCUT2D eigenvalue weighted by Gasteiger charge is -2.36. The molecule has 2 aromatic heterocycles. The number of amides is 2. The molecule has 0 fully saturated rings. The van der Waals surface area contributed by atoms with Gasteiger partial charge in [0.2, 0.25) is 0 Å². The fourth-order valence-corrected chi connectivity index (χ4v) is 4.04. The molecule has 2 amide bonds. The van der Waals surface area contributed by atoms with Crippen molar-refractivity contribution in [1.29, 1.82) is 0 Å². The molecule has 0 aliphatic carbocycles. The Morgan fingerprint density at radius 1 is 1.59 bits per heavy atom. The third-order valence-corrected chi connectivity index (χ3v) is 5.13. The molecule has 2 aromatic rings. The van der Waals surface area contributed by atoms with Gasteiger partial charge in [-0.2, -0.15) is 5.10 Å². The van der Waals surface area contributed by atoms with E-state index < -0.39 is 0 Å². The summed E-state index contributed by atoms with van der Waals surface area (Å²) >= 11 is 1.80. The summed E-state index contributed by atoms with van der Waals surface area (Å²) in [5, 5.41) is 9.42. The smallest absolute Gasteiger partial charge is 0.318 e. The maximum atomic E-state index is 12.6. The monoisotopic (exact) mass is 318 g/mol. The van der Waals surface area contributed by atoms with Crippen LogP contribution in [-0.2, 0) is 13.0 Å². The Kier molecular flexibility index (Phi) is 4.47. The van der Waals surface area contributed by atoms with Crippen molar-refractivity contribution >= 4 is 17.4 Å². The number of rotatable bonds is 4. The summed E-state index contributed by atoms with van der Waals surface area (Å²) in [6.45, 7) is 5.64. The zero-order valence-electron chi connectivity index (χ0n) is 13.0. The van der Waals surface area contributed by atoms with Crippen LogP contribution in [0.15, 0.2) is 29.9 Å². The van der Waals surface area contributed by atoms with E-state index in [0.29, 0.717) is 6.54 Å². The van der Waals surface area contributed by atoms with Crippen molar-refractivity contribution < 1.29 is 4.79 Å². The molecule has 1 N–H and O–H groups in total. The van der Waals surface area contributed by atoms with Gasteiger partial charge in [0, 0.05) is 29.9 Å². The van der Waals surface area contributed by atoms with E-state index in [9.17, 15) is 4.79 Å². The molecule has 1 aliphatic heterocycles. The Morgan fingerprint density at radius 3 is 3.18 bits per heavy atom. The predicted octanol–water partition coefficient (Wildman–Crippen LogP) is 3.05. The van der Waals surface area contributed by atoms with Gasteiger partial charge in [-0.3, -0.25) is 4.68 Å². The van der Waals surface area contributed by atoms with Gasteiger partial charge in [-0.05, 0) is 42.8 Å². The van der Waals surface area contributed by atoms with E-state index in [1.54, 1.807) is 17.5 Å². The number of carbonyl (C=O) groups is 1. The standard InChI is InChI=1S/C16H22N4OS/c1-3-14-13-6-10-22-15(13)5-9-20(14)16(21)18-12(2)11-19-8-4-7-17-19/h4,6-8,10,12,14H,3,5,9,11H2,1-2H3,(H,18,21)/t12-,14-/m0/s1. The highest BCUT2D eigenvalue weighted by atomic mass is 32.1. The van der Waals surface area contributed by atoms with Crippen molar-refractivity contribution in [2.24, 2.45) is 0 Å². The minimum absolute atomic E-state index is 0.0309. The highest BCUT2D eigenvalue weighted by Crippen LogP contribution is 2.35. The highest BCUT2D eigenvalue weighted by molar-refractivity contribution is 7.10. The van der Waals surface area contributed by atoms with Gasteiger partial charge in [0.05, 0.1) is 12.6 Å². The first-order valence-electron chi connectivity index (χ1n) is 7.80. The zero-order valence-corrected chi connectivity index (χ0v) is 13.8. The molecule has 0 spiro atoms. The minimum atomic E-state index is 0.0309. The predicted molar refractivity (Wildman–Crippen MR) is 88.0 cm³/mol. The van der Waals surface area contributed by atoms with Crippen molar-refractivity contribution in [3.05, 3.63) is 40.3 Å². The summed E-state index contributed by atoms with van der Waals surface area (Å²) in [7, 11) is 0. The lowest BCUT2D eigenvalue weighted by Crippen LogP contribution is -2.48. The third kappa shape index (κ3) is 3.02. The quantitative estimate of drug-likeness (QED) is 0.942. The minimum Gasteiger partial charge on any atom is -0.334 e. The zero-order chi connectivity index (χ0) is 15.5. The molecule has 0 aromatic carbocycles. The topological polar surface area (TPSA) is 50.2 Å². The van der Waals surface area contributed by atoms with Gasteiger partial charge in [0.1, 0.15) is 0 Å². The molecule has 2 atom stereocenters. The number of aromatic nitrogens is 2. The Morgan fingerprint density at radius 2 is 2.45 bits per heavy atom. The van der Waals surface area contributed by atoms with Crippen LogP contribution in [0.5, 0.6) is 0 Å². The van der Waals surface area contributed by atoms with Gasteiger partial charge in [0.25, 0.3) is 0 Å². The first-order valence-corrected chi connectivity index (χ1v) is 8.67. The van der Waals surface area contributed by atoms with Crippen LogP contribution in [-0.4, -0.2) is 33.3 Å². The van der Waals surface area contributed by atoms with Crippen LogP contribution in [0.3, 0.4) is 0 Å². The molecule has 0 unspecified atom stereocenters. The molecular weight excluding hydrogens is 296 g/mol. The number of urea groups is 1. The molecule has 0 radical (unpaired) electrons. The lowest BCUT2D eigenvalue weighted by molar-refractivity contribution is 0.163. The lowest BCUT2D eigenvalue weighted by atomic mass is 9.98. The Bertz CT molecular complexity index is 622. The molecule has 3 heterocycles. The van der Waals surface area contributed by atoms with Crippen LogP contribution in [0.1, 0.15) is 36.8 Å². The first kappa shape index (κ1) is 15.1. The molecule has 0 saturated heterocycles. The molecule has 1 aliphatic rings. The van der Waals surface area contributed by atoms with Crippen LogP contribution in [0.2, 0.25) is 0 Å². The number of hydrogen-bond donors (Lipinski definition) is 1. The van der Waals surface area contributed by atoms with Gasteiger partial charge < -0.3 is 10.2 Å². The summed E-state index contributed by atoms with van der Waals surface area (Å²) < 4.78 is 1.84. The maximum absolute atomic E-state index is 12.6. The summed E-state index contributed by atoms with van der Waals surface area (Å²) in [5.41, 5.74) is 1.33. The van der Waals surface area contributed by atoms with E-state index in [2.05, 4.69) is 28.8 Å². The van der Waals surface area contributed by atoms with Gasteiger partial charge in [0.15, 0.2) is 0 Å². The van der Waals surface area contributed by atoms with E-state index in [1.807, 2.05) is 28.8 Å². The summed E-state index contributed by atoms with van der Waals surface area (Å²) in [6.07, 6.45) is 5.58.